The lowest BCUT2D eigenvalue weighted by molar-refractivity contribution is -0.379. The standard InChI is InChI=1S/C72H133NO18/c1-3-5-7-9-11-13-15-17-19-21-23-24-25-26-27-28-29-30-32-33-35-37-39-41-43-45-47-49-56(77)55(73-60(78)50-48-46-44-42-40-38-36-34-31-22-20-18-16-14-12-10-8-6-4-2)54-86-70-66(84)63(81)68(58(52-75)88-70)91-72-67(85)64(82)69(59(53-76)89-72)90-71-65(83)62(80)61(79)57(51-74)87-71/h12,14,18,20,47,49,55-59,61-72,74-77,79-85H,3-11,13,15-17,19,21-46,48,50-54H2,1-2H3,(H,73,78)/b14-12-,20-18-,49-47+. The average molecular weight is 1300 g/mol. The molecule has 0 aromatic rings. The molecule has 3 saturated heterocycles. The molecule has 3 aliphatic heterocycles. The van der Waals surface area contributed by atoms with Crippen molar-refractivity contribution in [2.45, 2.75) is 388 Å². The topological polar surface area (TPSA) is 307 Å². The Morgan fingerprint density at radius 1 is 0.396 bits per heavy atom. The number of ether oxygens (including phenoxy) is 6. The van der Waals surface area contributed by atoms with E-state index in [1.807, 2.05) is 6.08 Å². The predicted molar refractivity (Wildman–Crippen MR) is 356 cm³/mol. The van der Waals surface area contributed by atoms with Crippen LogP contribution in [0.4, 0.5) is 0 Å². The van der Waals surface area contributed by atoms with E-state index in [1.54, 1.807) is 6.08 Å². The van der Waals surface area contributed by atoms with Crippen LogP contribution in [0.15, 0.2) is 36.5 Å². The summed E-state index contributed by atoms with van der Waals surface area (Å²) in [4.78, 5) is 13.4. The van der Waals surface area contributed by atoms with E-state index in [0.29, 0.717) is 6.42 Å². The van der Waals surface area contributed by atoms with E-state index in [1.165, 1.54) is 193 Å². The van der Waals surface area contributed by atoms with Gasteiger partial charge in [-0.3, -0.25) is 4.79 Å². The molecule has 12 N–H and O–H groups in total. The molecule has 3 aliphatic rings. The van der Waals surface area contributed by atoms with Crippen LogP contribution in [0, 0.1) is 0 Å². The van der Waals surface area contributed by atoms with Crippen molar-refractivity contribution in [2.24, 2.45) is 0 Å². The van der Waals surface area contributed by atoms with Gasteiger partial charge in [0.15, 0.2) is 18.9 Å². The van der Waals surface area contributed by atoms with Gasteiger partial charge in [-0.25, -0.2) is 0 Å². The average Bonchev–Trinajstić information content (AvgIpc) is 0.886. The summed E-state index contributed by atoms with van der Waals surface area (Å²) in [5.41, 5.74) is 0. The number of carbonyl (C=O) groups excluding carboxylic acids is 1. The first-order valence-electron chi connectivity index (χ1n) is 36.7. The van der Waals surface area contributed by atoms with Crippen molar-refractivity contribution in [3.63, 3.8) is 0 Å². The molecule has 19 heteroatoms. The molecule has 534 valence electrons. The highest BCUT2D eigenvalue weighted by Gasteiger charge is 2.53. The summed E-state index contributed by atoms with van der Waals surface area (Å²) in [5.74, 6) is -0.277. The summed E-state index contributed by atoms with van der Waals surface area (Å²) in [6.45, 7) is 1.74. The molecule has 0 aliphatic carbocycles. The Hall–Kier alpha value is -1.99. The SMILES string of the molecule is CCCCC/C=C\C/C=C\CCCCCCCCCCCC(=O)NC(COC1OC(CO)C(OC2OC(CO)C(OC3OC(CO)C(O)C(O)C3O)C(O)C2O)C(O)C1O)C(O)/C=C/CCCCCCCCCCCCCCCCCCCCCCCCCCC. The molecule has 0 aromatic heterocycles. The van der Waals surface area contributed by atoms with Gasteiger partial charge in [0.05, 0.1) is 38.6 Å². The third-order valence-corrected chi connectivity index (χ3v) is 18.4. The minimum absolute atomic E-state index is 0.239. The van der Waals surface area contributed by atoms with Crippen molar-refractivity contribution in [3.05, 3.63) is 36.5 Å². The Bertz CT molecular complexity index is 1790. The Balaban J connectivity index is 1.42. The molecule has 1 amide bonds. The van der Waals surface area contributed by atoms with Gasteiger partial charge in [0.1, 0.15) is 73.2 Å². The van der Waals surface area contributed by atoms with Crippen LogP contribution in [0.2, 0.25) is 0 Å². The van der Waals surface area contributed by atoms with Crippen LogP contribution in [0.1, 0.15) is 284 Å². The first-order chi connectivity index (χ1) is 44.3. The van der Waals surface area contributed by atoms with Crippen LogP contribution < -0.4 is 5.32 Å². The second-order valence-corrected chi connectivity index (χ2v) is 26.4. The van der Waals surface area contributed by atoms with E-state index in [-0.39, 0.29) is 18.9 Å². The van der Waals surface area contributed by atoms with Gasteiger partial charge in [-0.05, 0) is 51.4 Å². The molecule has 0 spiro atoms. The van der Waals surface area contributed by atoms with Crippen molar-refractivity contribution in [2.75, 3.05) is 26.4 Å². The number of carbonyl (C=O) groups is 1. The normalized spacial score (nSPS) is 28.0. The van der Waals surface area contributed by atoms with Gasteiger partial charge in [-0.2, -0.15) is 0 Å². The lowest BCUT2D eigenvalue weighted by Gasteiger charge is -2.48. The highest BCUT2D eigenvalue weighted by Crippen LogP contribution is 2.33. The van der Waals surface area contributed by atoms with Gasteiger partial charge >= 0.3 is 0 Å². The molecule has 17 atom stereocenters. The largest absolute Gasteiger partial charge is 0.394 e. The summed E-state index contributed by atoms with van der Waals surface area (Å²) < 4.78 is 34.4. The Labute approximate surface area is 549 Å². The van der Waals surface area contributed by atoms with Gasteiger partial charge in [0, 0.05) is 6.42 Å². The summed E-state index contributed by atoms with van der Waals surface area (Å²) in [6.07, 6.45) is 36.9. The van der Waals surface area contributed by atoms with Crippen LogP contribution in [-0.2, 0) is 33.2 Å². The molecule has 91 heavy (non-hydrogen) atoms. The minimum atomic E-state index is -1.98. The minimum Gasteiger partial charge on any atom is -0.394 e. The van der Waals surface area contributed by atoms with Crippen molar-refractivity contribution in [1.29, 1.82) is 0 Å². The third-order valence-electron chi connectivity index (χ3n) is 18.4. The number of aliphatic hydroxyl groups excluding tert-OH is 11. The van der Waals surface area contributed by atoms with Crippen LogP contribution in [0.25, 0.3) is 0 Å². The number of aliphatic hydroxyl groups is 11. The van der Waals surface area contributed by atoms with Crippen LogP contribution in [0.5, 0.6) is 0 Å². The van der Waals surface area contributed by atoms with Gasteiger partial charge < -0.3 is 89.9 Å². The van der Waals surface area contributed by atoms with E-state index in [2.05, 4.69) is 43.5 Å². The lowest BCUT2D eigenvalue weighted by Crippen LogP contribution is -2.66. The number of nitrogens with one attached hydrogen (secondary N) is 1. The molecule has 17 unspecified atom stereocenters. The first-order valence-corrected chi connectivity index (χ1v) is 36.7. The van der Waals surface area contributed by atoms with Gasteiger partial charge in [0.25, 0.3) is 0 Å². The summed E-state index contributed by atoms with van der Waals surface area (Å²) in [5, 5.41) is 121. The molecule has 3 heterocycles. The number of unbranched alkanes of at least 4 members (excludes halogenated alkanes) is 37. The Morgan fingerprint density at radius 2 is 0.725 bits per heavy atom. The maximum atomic E-state index is 13.4. The zero-order valence-electron chi connectivity index (χ0n) is 56.6. The lowest BCUT2D eigenvalue weighted by atomic mass is 9.96. The van der Waals surface area contributed by atoms with Crippen molar-refractivity contribution in [3.8, 4) is 0 Å². The molecular formula is C72H133NO18. The molecule has 0 aromatic carbocycles. The van der Waals surface area contributed by atoms with Crippen LogP contribution >= 0.6 is 0 Å². The molecule has 0 radical (unpaired) electrons. The van der Waals surface area contributed by atoms with E-state index in [9.17, 15) is 61.0 Å². The zero-order valence-corrected chi connectivity index (χ0v) is 56.6. The Morgan fingerprint density at radius 3 is 1.14 bits per heavy atom. The monoisotopic (exact) mass is 1300 g/mol. The van der Waals surface area contributed by atoms with E-state index >= 15 is 0 Å². The van der Waals surface area contributed by atoms with Gasteiger partial charge in [0.2, 0.25) is 5.91 Å². The van der Waals surface area contributed by atoms with Gasteiger partial charge in [-0.1, -0.05) is 262 Å². The van der Waals surface area contributed by atoms with E-state index in [0.717, 1.165) is 64.2 Å². The zero-order chi connectivity index (χ0) is 66.1. The van der Waals surface area contributed by atoms with Crippen LogP contribution in [-0.4, -0.2) is 193 Å². The number of allylic oxidation sites excluding steroid dienone is 5. The molecule has 19 nitrogen and oxygen atoms in total. The molecular weight excluding hydrogens is 1170 g/mol. The van der Waals surface area contributed by atoms with Crippen molar-refractivity contribution < 1.29 is 89.4 Å². The maximum Gasteiger partial charge on any atom is 0.220 e. The smallest absolute Gasteiger partial charge is 0.220 e. The highest BCUT2D eigenvalue weighted by molar-refractivity contribution is 5.76. The second-order valence-electron chi connectivity index (χ2n) is 26.4. The molecule has 0 saturated carbocycles. The molecule has 0 bridgehead atoms. The van der Waals surface area contributed by atoms with Crippen molar-refractivity contribution in [1.82, 2.24) is 5.32 Å². The molecule has 3 rings (SSSR count). The highest BCUT2D eigenvalue weighted by atomic mass is 16.8. The molecule has 3 fully saturated rings. The maximum absolute atomic E-state index is 13.4. The van der Waals surface area contributed by atoms with Gasteiger partial charge in [-0.15, -0.1) is 0 Å². The fraction of sp³-hybridized carbons (Fsp3) is 0.903. The summed E-state index contributed by atoms with van der Waals surface area (Å²) in [6, 6.07) is -0.976. The number of hydrogen-bond acceptors (Lipinski definition) is 18. The first kappa shape index (κ1) is 83.2. The fourth-order valence-electron chi connectivity index (χ4n) is 12.5. The second kappa shape index (κ2) is 54.1. The fourth-order valence-corrected chi connectivity index (χ4v) is 12.5. The third kappa shape index (κ3) is 35.7. The number of rotatable bonds is 57. The van der Waals surface area contributed by atoms with E-state index in [4.69, 9.17) is 28.4 Å². The van der Waals surface area contributed by atoms with Crippen molar-refractivity contribution >= 4 is 5.91 Å². The summed E-state index contributed by atoms with van der Waals surface area (Å²) >= 11 is 0. The Kier molecular flexibility index (Phi) is 49.5. The number of amides is 1. The predicted octanol–water partition coefficient (Wildman–Crippen LogP) is 10.4. The number of hydrogen-bond donors (Lipinski definition) is 12. The quantitative estimate of drug-likeness (QED) is 0.0199. The summed E-state index contributed by atoms with van der Waals surface area (Å²) in [7, 11) is 0. The van der Waals surface area contributed by atoms with E-state index < -0.39 is 124 Å². The van der Waals surface area contributed by atoms with Crippen LogP contribution in [0.3, 0.4) is 0 Å².